The fraction of sp³-hybridized carbons (Fsp3) is 0. The number of carbonyl (C=O) groups is 2. The van der Waals surface area contributed by atoms with Gasteiger partial charge in [-0.15, -0.1) is 22.7 Å². The highest BCUT2D eigenvalue weighted by Crippen LogP contribution is 2.48. The molecular formula is C24H12N2O2S2. The summed E-state index contributed by atoms with van der Waals surface area (Å²) in [6.07, 6.45) is 5.31. The Hall–Kier alpha value is -3.48. The Bertz CT molecular complexity index is 1520. The van der Waals surface area contributed by atoms with Gasteiger partial charge >= 0.3 is 0 Å². The molecule has 0 bridgehead atoms. The second-order valence-corrected chi connectivity index (χ2v) is 9.10. The molecule has 4 aromatic heterocycles. The third-order valence-corrected chi connectivity index (χ3v) is 7.55. The van der Waals surface area contributed by atoms with E-state index in [1.54, 1.807) is 12.4 Å². The van der Waals surface area contributed by atoms with Crippen molar-refractivity contribution in [2.45, 2.75) is 0 Å². The summed E-state index contributed by atoms with van der Waals surface area (Å²) in [5.74, 6) is 0. The highest BCUT2D eigenvalue weighted by molar-refractivity contribution is 7.22. The summed E-state index contributed by atoms with van der Waals surface area (Å²) in [5, 5.41) is 3.89. The van der Waals surface area contributed by atoms with Gasteiger partial charge in [-0.25, -0.2) is 0 Å². The van der Waals surface area contributed by atoms with Crippen molar-refractivity contribution < 1.29 is 9.59 Å². The molecule has 142 valence electrons. The van der Waals surface area contributed by atoms with Gasteiger partial charge in [0, 0.05) is 54.5 Å². The van der Waals surface area contributed by atoms with Crippen LogP contribution in [0.3, 0.4) is 0 Å². The van der Waals surface area contributed by atoms with E-state index in [4.69, 9.17) is 0 Å². The largest absolute Gasteiger partial charge is 0.297 e. The Morgan fingerprint density at radius 3 is 1.53 bits per heavy atom. The summed E-state index contributed by atoms with van der Waals surface area (Å²) in [6.45, 7) is 0. The molecule has 0 unspecified atom stereocenters. The topological polar surface area (TPSA) is 59.9 Å². The van der Waals surface area contributed by atoms with Gasteiger partial charge in [0.25, 0.3) is 0 Å². The highest BCUT2D eigenvalue weighted by atomic mass is 32.1. The van der Waals surface area contributed by atoms with E-state index in [1.807, 2.05) is 48.5 Å². The van der Waals surface area contributed by atoms with Gasteiger partial charge in [0.05, 0.1) is 20.8 Å². The maximum atomic E-state index is 12.1. The van der Waals surface area contributed by atoms with Gasteiger partial charge in [-0.1, -0.05) is 12.1 Å². The van der Waals surface area contributed by atoms with Gasteiger partial charge < -0.3 is 0 Å². The van der Waals surface area contributed by atoms with E-state index >= 15 is 0 Å². The number of carbonyl (C=O) groups excluding carboxylic acids is 2. The smallest absolute Gasteiger partial charge is 0.160 e. The van der Waals surface area contributed by atoms with Crippen molar-refractivity contribution in [3.8, 4) is 11.1 Å². The van der Waals surface area contributed by atoms with Crippen LogP contribution in [0.4, 0.5) is 0 Å². The average molecular weight is 425 g/mol. The summed E-state index contributed by atoms with van der Waals surface area (Å²) in [5.41, 5.74) is 3.35. The molecule has 0 saturated carbocycles. The van der Waals surface area contributed by atoms with Gasteiger partial charge in [-0.3, -0.25) is 19.6 Å². The van der Waals surface area contributed by atoms with Crippen molar-refractivity contribution in [2.24, 2.45) is 0 Å². The van der Waals surface area contributed by atoms with Crippen LogP contribution < -0.4 is 0 Å². The zero-order chi connectivity index (χ0) is 20.2. The van der Waals surface area contributed by atoms with Crippen LogP contribution in [-0.4, -0.2) is 22.5 Å². The monoisotopic (exact) mass is 424 g/mol. The highest BCUT2D eigenvalue weighted by Gasteiger charge is 2.24. The Balaban J connectivity index is 1.89. The molecule has 0 fully saturated rings. The number of pyridine rings is 2. The number of hydrogen-bond acceptors (Lipinski definition) is 6. The lowest BCUT2D eigenvalue weighted by atomic mass is 9.95. The molecule has 0 aliphatic carbocycles. The second-order valence-electron chi connectivity index (χ2n) is 6.94. The standard InChI is InChI=1S/C24H12N2O2S2/c27-11-19-23(21-13-3-1-9-25-15(13)5-7-17(21)29-19)24-20(12-28)30-18-8-6-16-14(22(18)24)4-2-10-26-16/h1-12H. The van der Waals surface area contributed by atoms with Crippen molar-refractivity contribution in [3.05, 3.63) is 70.7 Å². The number of aromatic nitrogens is 2. The van der Waals surface area contributed by atoms with Gasteiger partial charge in [-0.05, 0) is 36.4 Å². The van der Waals surface area contributed by atoms with E-state index in [9.17, 15) is 9.59 Å². The molecule has 6 heteroatoms. The Morgan fingerprint density at radius 2 is 1.10 bits per heavy atom. The molecule has 0 aliphatic rings. The third kappa shape index (κ3) is 2.32. The number of aldehydes is 2. The van der Waals surface area contributed by atoms with Crippen LogP contribution >= 0.6 is 22.7 Å². The molecule has 0 spiro atoms. The molecule has 0 N–H and O–H groups in total. The lowest BCUT2D eigenvalue weighted by Crippen LogP contribution is -1.88. The molecule has 0 radical (unpaired) electrons. The lowest BCUT2D eigenvalue weighted by molar-refractivity contribution is 0.111. The number of benzene rings is 2. The molecule has 4 nitrogen and oxygen atoms in total. The first-order chi connectivity index (χ1) is 14.8. The second kappa shape index (κ2) is 6.52. The maximum absolute atomic E-state index is 12.1. The molecular weight excluding hydrogens is 412 g/mol. The van der Waals surface area contributed by atoms with E-state index in [1.165, 1.54) is 22.7 Å². The molecule has 6 rings (SSSR count). The molecule has 0 saturated heterocycles. The van der Waals surface area contributed by atoms with Crippen molar-refractivity contribution in [1.29, 1.82) is 0 Å². The predicted molar refractivity (Wildman–Crippen MR) is 124 cm³/mol. The van der Waals surface area contributed by atoms with Crippen LogP contribution in [0.2, 0.25) is 0 Å². The molecule has 0 atom stereocenters. The first-order valence-corrected chi connectivity index (χ1v) is 10.9. The van der Waals surface area contributed by atoms with Crippen LogP contribution in [0.25, 0.3) is 53.1 Å². The quantitative estimate of drug-likeness (QED) is 0.304. The molecule has 0 amide bonds. The number of rotatable bonds is 3. The third-order valence-electron chi connectivity index (χ3n) is 5.39. The van der Waals surface area contributed by atoms with Crippen LogP contribution in [0.5, 0.6) is 0 Å². The average Bonchev–Trinajstić information content (AvgIpc) is 3.36. The van der Waals surface area contributed by atoms with Crippen LogP contribution in [0.15, 0.2) is 60.9 Å². The molecule has 30 heavy (non-hydrogen) atoms. The first-order valence-electron chi connectivity index (χ1n) is 9.31. The minimum Gasteiger partial charge on any atom is -0.297 e. The van der Waals surface area contributed by atoms with Crippen LogP contribution in [0.1, 0.15) is 19.3 Å². The Morgan fingerprint density at radius 1 is 0.633 bits per heavy atom. The predicted octanol–water partition coefficient (Wildman–Crippen LogP) is 6.50. The molecule has 6 aromatic rings. The van der Waals surface area contributed by atoms with Gasteiger partial charge in [-0.2, -0.15) is 0 Å². The van der Waals surface area contributed by atoms with E-state index in [0.717, 1.165) is 65.7 Å². The Labute approximate surface area is 178 Å². The van der Waals surface area contributed by atoms with E-state index in [-0.39, 0.29) is 0 Å². The maximum Gasteiger partial charge on any atom is 0.160 e. The first kappa shape index (κ1) is 17.4. The summed E-state index contributed by atoms with van der Waals surface area (Å²) in [4.78, 5) is 34.4. The summed E-state index contributed by atoms with van der Waals surface area (Å²) >= 11 is 2.89. The number of thiophene rings is 2. The van der Waals surface area contributed by atoms with E-state index in [0.29, 0.717) is 9.75 Å². The Kier molecular flexibility index (Phi) is 3.78. The van der Waals surface area contributed by atoms with Gasteiger partial charge in [0.1, 0.15) is 0 Å². The fourth-order valence-corrected chi connectivity index (χ4v) is 6.28. The molecule has 2 aromatic carbocycles. The minimum absolute atomic E-state index is 0.616. The molecule has 4 heterocycles. The van der Waals surface area contributed by atoms with E-state index in [2.05, 4.69) is 9.97 Å². The van der Waals surface area contributed by atoms with Crippen molar-refractivity contribution >= 4 is 77.2 Å². The van der Waals surface area contributed by atoms with Gasteiger partial charge in [0.15, 0.2) is 12.6 Å². The number of hydrogen-bond donors (Lipinski definition) is 0. The summed E-state index contributed by atoms with van der Waals surface area (Å²) in [6, 6.07) is 15.8. The van der Waals surface area contributed by atoms with E-state index < -0.39 is 0 Å². The molecule has 0 aliphatic heterocycles. The van der Waals surface area contributed by atoms with Crippen molar-refractivity contribution in [3.63, 3.8) is 0 Å². The number of nitrogens with zero attached hydrogens (tertiary/aromatic N) is 2. The fourth-order valence-electron chi connectivity index (χ4n) is 4.20. The zero-order valence-electron chi connectivity index (χ0n) is 15.5. The normalized spacial score (nSPS) is 11.6. The zero-order valence-corrected chi connectivity index (χ0v) is 17.1. The van der Waals surface area contributed by atoms with Crippen molar-refractivity contribution in [2.75, 3.05) is 0 Å². The lowest BCUT2D eigenvalue weighted by Gasteiger charge is -2.07. The number of fused-ring (bicyclic) bond motifs is 6. The summed E-state index contributed by atoms with van der Waals surface area (Å²) < 4.78 is 2.00. The van der Waals surface area contributed by atoms with Crippen LogP contribution in [-0.2, 0) is 0 Å². The summed E-state index contributed by atoms with van der Waals surface area (Å²) in [7, 11) is 0. The SMILES string of the molecule is O=Cc1sc2ccc3ncccc3c2c1-c1c(C=O)sc2ccc3ncccc3c12. The van der Waals surface area contributed by atoms with Crippen LogP contribution in [0, 0.1) is 0 Å². The van der Waals surface area contributed by atoms with Gasteiger partial charge in [0.2, 0.25) is 0 Å². The minimum atomic E-state index is 0.616. The van der Waals surface area contributed by atoms with Crippen molar-refractivity contribution in [1.82, 2.24) is 9.97 Å².